The van der Waals surface area contributed by atoms with Crippen LogP contribution in [0.5, 0.6) is 0 Å². The first kappa shape index (κ1) is 20.7. The summed E-state index contributed by atoms with van der Waals surface area (Å²) < 4.78 is 5.86. The minimum atomic E-state index is -0.541. The summed E-state index contributed by atoms with van der Waals surface area (Å²) in [6, 6.07) is 7.23. The second kappa shape index (κ2) is 10.5. The Morgan fingerprint density at radius 3 is 2.85 bits per heavy atom. The lowest BCUT2D eigenvalue weighted by Gasteiger charge is -2.35. The molecule has 2 rings (SSSR count). The number of carbonyl (C=O) groups excluding carboxylic acids is 2. The highest BCUT2D eigenvalue weighted by Crippen LogP contribution is 2.27. The van der Waals surface area contributed by atoms with Crippen molar-refractivity contribution >= 4 is 23.4 Å². The summed E-state index contributed by atoms with van der Waals surface area (Å²) in [5.41, 5.74) is 0.952. The van der Waals surface area contributed by atoms with Crippen LogP contribution in [0.4, 0.5) is 0 Å². The smallest absolute Gasteiger partial charge is 0.246 e. The van der Waals surface area contributed by atoms with Crippen molar-refractivity contribution in [3.63, 3.8) is 0 Å². The van der Waals surface area contributed by atoms with Crippen LogP contribution in [0.15, 0.2) is 24.3 Å². The molecule has 1 aromatic rings. The Labute approximate surface area is 159 Å². The molecule has 144 valence electrons. The van der Waals surface area contributed by atoms with Crippen LogP contribution >= 0.6 is 11.6 Å². The highest BCUT2D eigenvalue weighted by molar-refractivity contribution is 6.30. The molecule has 0 saturated heterocycles. The summed E-state index contributed by atoms with van der Waals surface area (Å²) in [6.07, 6.45) is 2.51. The van der Waals surface area contributed by atoms with Crippen LogP contribution in [0.3, 0.4) is 0 Å². The van der Waals surface area contributed by atoms with Gasteiger partial charge in [-0.15, -0.1) is 0 Å². The van der Waals surface area contributed by atoms with Gasteiger partial charge in [-0.05, 0) is 43.4 Å². The van der Waals surface area contributed by atoms with Gasteiger partial charge in [-0.25, -0.2) is 0 Å². The van der Waals surface area contributed by atoms with E-state index in [1.54, 1.807) is 6.07 Å². The standard InChI is InChI=1S/C19H27ClN2O4/c1-2-8-26-17-10-14(6-7-16(17)22-18(24)12-23)19(25)21-11-13-4-3-5-15(20)9-13/h3-5,9,14,16-17,23H,2,6-8,10-12H2,1H3,(H,21,25)(H,22,24)/t14-,16-,17-/m0/s1. The van der Waals surface area contributed by atoms with Gasteiger partial charge in [-0.1, -0.05) is 30.7 Å². The van der Waals surface area contributed by atoms with Crippen molar-refractivity contribution < 1.29 is 19.4 Å². The van der Waals surface area contributed by atoms with Crippen LogP contribution in [-0.4, -0.2) is 42.3 Å². The van der Waals surface area contributed by atoms with E-state index in [9.17, 15) is 9.59 Å². The molecule has 0 spiro atoms. The number of amides is 2. The summed E-state index contributed by atoms with van der Waals surface area (Å²) >= 11 is 5.96. The van der Waals surface area contributed by atoms with E-state index in [2.05, 4.69) is 10.6 Å². The zero-order chi connectivity index (χ0) is 18.9. The topological polar surface area (TPSA) is 87.7 Å². The minimum Gasteiger partial charge on any atom is -0.387 e. The molecule has 1 aliphatic rings. The van der Waals surface area contributed by atoms with Crippen molar-refractivity contribution in [2.75, 3.05) is 13.2 Å². The number of aliphatic hydroxyl groups excluding tert-OH is 1. The van der Waals surface area contributed by atoms with Crippen LogP contribution in [0.2, 0.25) is 5.02 Å². The van der Waals surface area contributed by atoms with Crippen LogP contribution in [0.25, 0.3) is 0 Å². The highest BCUT2D eigenvalue weighted by Gasteiger charge is 2.35. The third-order valence-corrected chi connectivity index (χ3v) is 4.78. The molecule has 2 amide bonds. The summed E-state index contributed by atoms with van der Waals surface area (Å²) in [5.74, 6) is -0.579. The average Bonchev–Trinajstić information content (AvgIpc) is 2.65. The van der Waals surface area contributed by atoms with Crippen molar-refractivity contribution in [3.05, 3.63) is 34.9 Å². The lowest BCUT2D eigenvalue weighted by Crippen LogP contribution is -2.50. The van der Waals surface area contributed by atoms with Crippen LogP contribution in [0.1, 0.15) is 38.2 Å². The van der Waals surface area contributed by atoms with Crippen molar-refractivity contribution in [2.45, 2.75) is 51.3 Å². The van der Waals surface area contributed by atoms with E-state index in [1.807, 2.05) is 25.1 Å². The molecule has 1 fully saturated rings. The first-order chi connectivity index (χ1) is 12.5. The van der Waals surface area contributed by atoms with Gasteiger partial charge in [0.15, 0.2) is 0 Å². The molecular formula is C19H27ClN2O4. The van der Waals surface area contributed by atoms with E-state index < -0.39 is 12.5 Å². The lowest BCUT2D eigenvalue weighted by molar-refractivity contribution is -0.130. The van der Waals surface area contributed by atoms with E-state index in [0.717, 1.165) is 12.0 Å². The van der Waals surface area contributed by atoms with Gasteiger partial charge in [0, 0.05) is 24.1 Å². The fraction of sp³-hybridized carbons (Fsp3) is 0.579. The van der Waals surface area contributed by atoms with Gasteiger partial charge in [-0.2, -0.15) is 0 Å². The Kier molecular flexibility index (Phi) is 8.35. The predicted molar refractivity (Wildman–Crippen MR) is 99.7 cm³/mol. The third kappa shape index (κ3) is 6.27. The SMILES string of the molecule is CCCO[C@H]1C[C@@H](C(=O)NCc2cccc(Cl)c2)CC[C@@H]1NC(=O)CO. The van der Waals surface area contributed by atoms with Crippen molar-refractivity contribution in [1.82, 2.24) is 10.6 Å². The Morgan fingerprint density at radius 1 is 1.35 bits per heavy atom. The fourth-order valence-corrected chi connectivity index (χ4v) is 3.43. The molecule has 0 radical (unpaired) electrons. The first-order valence-electron chi connectivity index (χ1n) is 9.07. The number of benzene rings is 1. The number of hydrogen-bond donors (Lipinski definition) is 3. The maximum Gasteiger partial charge on any atom is 0.246 e. The number of rotatable bonds is 8. The van der Waals surface area contributed by atoms with Gasteiger partial charge >= 0.3 is 0 Å². The molecular weight excluding hydrogens is 356 g/mol. The zero-order valence-corrected chi connectivity index (χ0v) is 15.8. The highest BCUT2D eigenvalue weighted by atomic mass is 35.5. The largest absolute Gasteiger partial charge is 0.387 e. The third-order valence-electron chi connectivity index (χ3n) is 4.54. The summed E-state index contributed by atoms with van der Waals surface area (Å²) in [6.45, 7) is 2.48. The second-order valence-electron chi connectivity index (χ2n) is 6.60. The number of ether oxygens (including phenoxy) is 1. The number of aliphatic hydroxyl groups is 1. The van der Waals surface area contributed by atoms with E-state index in [0.29, 0.717) is 37.4 Å². The van der Waals surface area contributed by atoms with Crippen LogP contribution in [0, 0.1) is 5.92 Å². The molecule has 0 aromatic heterocycles. The Hall–Kier alpha value is -1.63. The van der Waals surface area contributed by atoms with Gasteiger partial charge < -0.3 is 20.5 Å². The predicted octanol–water partition coefficient (Wildman–Crippen LogP) is 2.03. The number of hydrogen-bond acceptors (Lipinski definition) is 4. The molecule has 0 bridgehead atoms. The quantitative estimate of drug-likeness (QED) is 0.642. The summed E-state index contributed by atoms with van der Waals surface area (Å²) in [4.78, 5) is 24.0. The van der Waals surface area contributed by atoms with Gasteiger partial charge in [-0.3, -0.25) is 9.59 Å². The van der Waals surface area contributed by atoms with E-state index in [1.165, 1.54) is 0 Å². The molecule has 3 atom stereocenters. The summed E-state index contributed by atoms with van der Waals surface area (Å²) in [5, 5.41) is 15.3. The number of halogens is 1. The monoisotopic (exact) mass is 382 g/mol. The number of nitrogens with one attached hydrogen (secondary N) is 2. The Bertz CT molecular complexity index is 611. The minimum absolute atomic E-state index is 0.0120. The molecule has 6 nitrogen and oxygen atoms in total. The second-order valence-corrected chi connectivity index (χ2v) is 7.04. The molecule has 1 aromatic carbocycles. The maximum atomic E-state index is 12.5. The molecule has 0 unspecified atom stereocenters. The normalized spacial score (nSPS) is 22.7. The van der Waals surface area contributed by atoms with Crippen molar-refractivity contribution in [2.24, 2.45) is 5.92 Å². The molecule has 7 heteroatoms. The molecule has 1 saturated carbocycles. The van der Waals surface area contributed by atoms with E-state index >= 15 is 0 Å². The Balaban J connectivity index is 1.90. The zero-order valence-electron chi connectivity index (χ0n) is 15.0. The van der Waals surface area contributed by atoms with Crippen molar-refractivity contribution in [3.8, 4) is 0 Å². The number of carbonyl (C=O) groups is 2. The molecule has 1 aliphatic carbocycles. The van der Waals surface area contributed by atoms with E-state index in [-0.39, 0.29) is 24.0 Å². The van der Waals surface area contributed by atoms with Crippen molar-refractivity contribution in [1.29, 1.82) is 0 Å². The van der Waals surface area contributed by atoms with Gasteiger partial charge in [0.1, 0.15) is 6.61 Å². The lowest BCUT2D eigenvalue weighted by atomic mass is 9.83. The van der Waals surface area contributed by atoms with Gasteiger partial charge in [0.2, 0.25) is 11.8 Å². The molecule has 26 heavy (non-hydrogen) atoms. The van der Waals surface area contributed by atoms with Gasteiger partial charge in [0.05, 0.1) is 12.1 Å². The maximum absolute atomic E-state index is 12.5. The average molecular weight is 383 g/mol. The summed E-state index contributed by atoms with van der Waals surface area (Å²) in [7, 11) is 0. The molecule has 0 heterocycles. The Morgan fingerprint density at radius 2 is 2.15 bits per heavy atom. The fourth-order valence-electron chi connectivity index (χ4n) is 3.22. The molecule has 3 N–H and O–H groups in total. The van der Waals surface area contributed by atoms with Crippen LogP contribution < -0.4 is 10.6 Å². The van der Waals surface area contributed by atoms with Gasteiger partial charge in [0.25, 0.3) is 0 Å². The van der Waals surface area contributed by atoms with Crippen LogP contribution in [-0.2, 0) is 20.9 Å². The van der Waals surface area contributed by atoms with E-state index in [4.69, 9.17) is 21.4 Å². The molecule has 0 aliphatic heterocycles. The first-order valence-corrected chi connectivity index (χ1v) is 9.45.